The van der Waals surface area contributed by atoms with Gasteiger partial charge in [0.2, 0.25) is 6.41 Å². The fourth-order valence-electron chi connectivity index (χ4n) is 3.50. The summed E-state index contributed by atoms with van der Waals surface area (Å²) in [6, 6.07) is 2.79. The van der Waals surface area contributed by atoms with E-state index in [1.165, 1.54) is 12.8 Å². The van der Waals surface area contributed by atoms with Gasteiger partial charge in [0, 0.05) is 43.2 Å². The summed E-state index contributed by atoms with van der Waals surface area (Å²) in [5.74, 6) is 1.12. The number of likely N-dealkylation sites (tertiary alicyclic amines) is 1. The number of nitrogens with one attached hydrogen (secondary N) is 2. The maximum atomic E-state index is 12.3. The molecule has 23 heavy (non-hydrogen) atoms. The van der Waals surface area contributed by atoms with E-state index in [4.69, 9.17) is 4.52 Å². The molecule has 0 radical (unpaired) electrons. The summed E-state index contributed by atoms with van der Waals surface area (Å²) in [5, 5.41) is 9.73. The van der Waals surface area contributed by atoms with Gasteiger partial charge in [0.05, 0.1) is 0 Å². The minimum atomic E-state index is -0.162. The second-order valence-corrected chi connectivity index (χ2v) is 6.90. The third-order valence-corrected chi connectivity index (χ3v) is 4.99. The van der Waals surface area contributed by atoms with Gasteiger partial charge in [0.25, 0.3) is 5.91 Å². The first-order valence-corrected chi connectivity index (χ1v) is 8.45. The molecule has 1 aromatic heterocycles. The van der Waals surface area contributed by atoms with Crippen molar-refractivity contribution in [3.05, 3.63) is 17.5 Å². The van der Waals surface area contributed by atoms with E-state index in [1.807, 2.05) is 0 Å². The highest BCUT2D eigenvalue weighted by atomic mass is 16.5. The molecule has 3 fully saturated rings. The van der Waals surface area contributed by atoms with Crippen LogP contribution >= 0.6 is 0 Å². The Bertz CT molecular complexity index is 594. The average Bonchev–Trinajstić information content (AvgIpc) is 3.48. The van der Waals surface area contributed by atoms with E-state index in [1.54, 1.807) is 6.07 Å². The molecular weight excluding hydrogens is 296 g/mol. The summed E-state index contributed by atoms with van der Waals surface area (Å²) < 4.78 is 5.25. The lowest BCUT2D eigenvalue weighted by molar-refractivity contribution is -0.109. The molecule has 2 saturated carbocycles. The van der Waals surface area contributed by atoms with E-state index in [2.05, 4.69) is 20.7 Å². The number of carbonyl (C=O) groups excluding carboxylic acids is 2. The summed E-state index contributed by atoms with van der Waals surface area (Å²) in [6.45, 7) is 1.48. The minimum absolute atomic E-state index is 0.0997. The van der Waals surface area contributed by atoms with Gasteiger partial charge in [-0.15, -0.1) is 0 Å². The Kier molecular flexibility index (Phi) is 3.80. The fraction of sp³-hybridized carbons (Fsp3) is 0.688. The zero-order valence-electron chi connectivity index (χ0n) is 13.0. The van der Waals surface area contributed by atoms with Gasteiger partial charge in [-0.3, -0.25) is 14.5 Å². The number of rotatable bonds is 7. The quantitative estimate of drug-likeness (QED) is 0.720. The van der Waals surface area contributed by atoms with Crippen LogP contribution in [0, 0.1) is 0 Å². The van der Waals surface area contributed by atoms with E-state index >= 15 is 0 Å². The summed E-state index contributed by atoms with van der Waals surface area (Å²) >= 11 is 0. The fourth-order valence-corrected chi connectivity index (χ4v) is 3.50. The second kappa shape index (κ2) is 5.96. The van der Waals surface area contributed by atoms with Crippen molar-refractivity contribution in [3.8, 4) is 0 Å². The van der Waals surface area contributed by atoms with Gasteiger partial charge >= 0.3 is 0 Å². The Morgan fingerprint density at radius 2 is 2.22 bits per heavy atom. The average molecular weight is 318 g/mol. The Balaban J connectivity index is 1.35. The van der Waals surface area contributed by atoms with Crippen LogP contribution in [0.25, 0.3) is 0 Å². The molecule has 2 unspecified atom stereocenters. The number of aromatic nitrogens is 1. The van der Waals surface area contributed by atoms with Crippen molar-refractivity contribution in [2.45, 2.75) is 56.1 Å². The molecule has 7 nitrogen and oxygen atoms in total. The third kappa shape index (κ3) is 3.24. The summed E-state index contributed by atoms with van der Waals surface area (Å²) in [7, 11) is 0. The van der Waals surface area contributed by atoms with Gasteiger partial charge in [0.15, 0.2) is 5.69 Å². The van der Waals surface area contributed by atoms with Crippen molar-refractivity contribution in [1.82, 2.24) is 20.7 Å². The molecule has 2 aliphatic carbocycles. The van der Waals surface area contributed by atoms with Crippen molar-refractivity contribution in [1.29, 1.82) is 0 Å². The minimum Gasteiger partial charge on any atom is -0.360 e. The highest BCUT2D eigenvalue weighted by Crippen LogP contribution is 2.40. The lowest BCUT2D eigenvalue weighted by atomic mass is 10.1. The zero-order chi connectivity index (χ0) is 15.8. The Hall–Kier alpha value is -1.89. The summed E-state index contributed by atoms with van der Waals surface area (Å²) in [6.07, 6.45) is 6.28. The van der Waals surface area contributed by atoms with Crippen molar-refractivity contribution < 1.29 is 14.1 Å². The van der Waals surface area contributed by atoms with E-state index in [0.29, 0.717) is 30.2 Å². The lowest BCUT2D eigenvalue weighted by Gasteiger charge is -2.23. The van der Waals surface area contributed by atoms with Crippen LogP contribution in [0.1, 0.15) is 54.3 Å². The van der Waals surface area contributed by atoms with Gasteiger partial charge in [-0.1, -0.05) is 5.16 Å². The van der Waals surface area contributed by atoms with Crippen molar-refractivity contribution in [2.24, 2.45) is 0 Å². The first-order chi connectivity index (χ1) is 11.2. The van der Waals surface area contributed by atoms with E-state index < -0.39 is 0 Å². The number of hydrogen-bond donors (Lipinski definition) is 2. The first kappa shape index (κ1) is 14.7. The maximum absolute atomic E-state index is 12.3. The van der Waals surface area contributed by atoms with Gasteiger partial charge in [-0.2, -0.15) is 0 Å². The van der Waals surface area contributed by atoms with Crippen LogP contribution in [0.3, 0.4) is 0 Å². The molecule has 1 aliphatic heterocycles. The molecule has 1 aromatic rings. The molecule has 124 valence electrons. The summed E-state index contributed by atoms with van der Waals surface area (Å²) in [4.78, 5) is 25.3. The molecule has 2 amide bonds. The largest absolute Gasteiger partial charge is 0.360 e. The summed E-state index contributed by atoms with van der Waals surface area (Å²) in [5.41, 5.74) is 0.374. The topological polar surface area (TPSA) is 87.5 Å². The van der Waals surface area contributed by atoms with Crippen LogP contribution in [-0.2, 0) is 4.79 Å². The predicted octanol–water partition coefficient (Wildman–Crippen LogP) is 0.633. The van der Waals surface area contributed by atoms with Crippen LogP contribution < -0.4 is 10.6 Å². The molecular formula is C16H22N4O3. The molecule has 3 aliphatic rings. The lowest BCUT2D eigenvalue weighted by Crippen LogP contribution is -2.39. The molecule has 2 N–H and O–H groups in total. The SMILES string of the molecule is O=CNCC1CC(NC(=O)c2cc(C3CC3)on2)CN1C1CC1. The number of nitrogens with zero attached hydrogens (tertiary/aromatic N) is 2. The first-order valence-electron chi connectivity index (χ1n) is 8.45. The van der Waals surface area contributed by atoms with Gasteiger partial charge < -0.3 is 15.2 Å². The smallest absolute Gasteiger partial charge is 0.273 e. The molecule has 1 saturated heterocycles. The molecule has 2 atom stereocenters. The van der Waals surface area contributed by atoms with Gasteiger partial charge in [-0.05, 0) is 32.1 Å². The van der Waals surface area contributed by atoms with Crippen molar-refractivity contribution >= 4 is 12.3 Å². The van der Waals surface area contributed by atoms with Gasteiger partial charge in [0.1, 0.15) is 5.76 Å². The number of amides is 2. The Morgan fingerprint density at radius 3 is 2.91 bits per heavy atom. The highest BCUT2D eigenvalue weighted by Gasteiger charge is 2.41. The van der Waals surface area contributed by atoms with E-state index in [9.17, 15) is 9.59 Å². The normalized spacial score (nSPS) is 27.8. The molecule has 0 bridgehead atoms. The molecule has 2 heterocycles. The van der Waals surface area contributed by atoms with Crippen LogP contribution in [0.5, 0.6) is 0 Å². The number of carbonyl (C=O) groups is 2. The van der Waals surface area contributed by atoms with Crippen LogP contribution in [0.4, 0.5) is 0 Å². The molecule has 4 rings (SSSR count). The van der Waals surface area contributed by atoms with Crippen LogP contribution in [0.2, 0.25) is 0 Å². The van der Waals surface area contributed by atoms with Crippen molar-refractivity contribution in [2.75, 3.05) is 13.1 Å². The highest BCUT2D eigenvalue weighted by molar-refractivity contribution is 5.92. The van der Waals surface area contributed by atoms with Gasteiger partial charge in [-0.25, -0.2) is 0 Å². The monoisotopic (exact) mass is 318 g/mol. The van der Waals surface area contributed by atoms with Crippen LogP contribution in [-0.4, -0.2) is 53.6 Å². The van der Waals surface area contributed by atoms with E-state index in [0.717, 1.165) is 38.0 Å². The second-order valence-electron chi connectivity index (χ2n) is 6.90. The third-order valence-electron chi connectivity index (χ3n) is 4.99. The maximum Gasteiger partial charge on any atom is 0.273 e. The molecule has 0 aromatic carbocycles. The van der Waals surface area contributed by atoms with Crippen molar-refractivity contribution in [3.63, 3.8) is 0 Å². The Labute approximate surface area is 134 Å². The Morgan fingerprint density at radius 1 is 1.39 bits per heavy atom. The van der Waals surface area contributed by atoms with Crippen LogP contribution in [0.15, 0.2) is 10.6 Å². The van der Waals surface area contributed by atoms with E-state index in [-0.39, 0.29) is 11.9 Å². The standard InChI is InChI=1S/C16H22N4O3/c21-9-17-7-13-5-11(8-20(13)12-3-4-12)18-16(22)14-6-15(23-19-14)10-1-2-10/h6,9-13H,1-5,7-8H2,(H,17,21)(H,18,22). The molecule has 0 spiro atoms. The molecule has 7 heteroatoms. The zero-order valence-corrected chi connectivity index (χ0v) is 13.0. The number of hydrogen-bond acceptors (Lipinski definition) is 5. The predicted molar refractivity (Wildman–Crippen MR) is 81.9 cm³/mol.